The van der Waals surface area contributed by atoms with E-state index >= 15 is 0 Å². The van der Waals surface area contributed by atoms with Gasteiger partial charge in [-0.1, -0.05) is 0 Å². The summed E-state index contributed by atoms with van der Waals surface area (Å²) in [7, 11) is -0.479. The molecule has 1 amide bonds. The van der Waals surface area contributed by atoms with Gasteiger partial charge in [0.25, 0.3) is 0 Å². The normalized spacial score (nSPS) is 23.5. The first-order valence-electron chi connectivity index (χ1n) is 10.4. The second-order valence-electron chi connectivity index (χ2n) is 9.18. The van der Waals surface area contributed by atoms with Crippen molar-refractivity contribution < 1.29 is 14.1 Å². The van der Waals surface area contributed by atoms with Crippen LogP contribution in [0.4, 0.5) is 5.95 Å². The highest BCUT2D eigenvalue weighted by molar-refractivity contribution is 6.61. The van der Waals surface area contributed by atoms with E-state index in [1.54, 1.807) is 12.4 Å². The lowest BCUT2D eigenvalue weighted by Gasteiger charge is -2.41. The number of hydrogen-bond acceptors (Lipinski definition) is 6. The number of carbonyl (C=O) groups is 1. The van der Waals surface area contributed by atoms with E-state index in [1.165, 1.54) is 0 Å². The third kappa shape index (κ3) is 4.54. The van der Waals surface area contributed by atoms with Crippen LogP contribution in [-0.2, 0) is 14.1 Å². The van der Waals surface area contributed by atoms with E-state index < -0.39 is 18.3 Å². The molecule has 3 heterocycles. The minimum atomic E-state index is -0.479. The summed E-state index contributed by atoms with van der Waals surface area (Å²) in [6, 6.07) is 0.368. The molecule has 0 bridgehead atoms. The van der Waals surface area contributed by atoms with Crippen LogP contribution in [0.25, 0.3) is 0 Å². The van der Waals surface area contributed by atoms with Crippen LogP contribution in [0.5, 0.6) is 0 Å². The van der Waals surface area contributed by atoms with E-state index in [2.05, 4.69) is 28.7 Å². The summed E-state index contributed by atoms with van der Waals surface area (Å²) >= 11 is 5.76. The Labute approximate surface area is 179 Å². The van der Waals surface area contributed by atoms with Crippen molar-refractivity contribution in [3.8, 4) is 0 Å². The topological polar surface area (TPSA) is 67.8 Å². The summed E-state index contributed by atoms with van der Waals surface area (Å²) < 4.78 is 12.2. The second-order valence-corrected chi connectivity index (χ2v) is 9.44. The van der Waals surface area contributed by atoms with Crippen LogP contribution in [0, 0.1) is 0 Å². The largest absolute Gasteiger partial charge is 0.498 e. The van der Waals surface area contributed by atoms with Crippen LogP contribution in [0.15, 0.2) is 12.4 Å². The fourth-order valence-corrected chi connectivity index (χ4v) is 4.04. The molecule has 2 aliphatic rings. The minimum Gasteiger partial charge on any atom is -0.399 e. The minimum absolute atomic E-state index is 0.0166. The number of nitrogens with zero attached hydrogens (tertiary/aromatic N) is 4. The molecular weight excluding hydrogens is 391 g/mol. The summed E-state index contributed by atoms with van der Waals surface area (Å²) in [5.74, 6) is 0.663. The zero-order valence-electron chi connectivity index (χ0n) is 18.3. The van der Waals surface area contributed by atoms with Gasteiger partial charge < -0.3 is 19.1 Å². The number of halogens is 1. The molecule has 0 N–H and O–H groups in total. The molecule has 2 fully saturated rings. The number of piperidine rings is 1. The summed E-state index contributed by atoms with van der Waals surface area (Å²) in [5, 5.41) is 0. The van der Waals surface area contributed by atoms with Crippen LogP contribution in [0.1, 0.15) is 54.4 Å². The Morgan fingerprint density at radius 1 is 1.28 bits per heavy atom. The highest BCUT2D eigenvalue weighted by Gasteiger charge is 2.52. The summed E-state index contributed by atoms with van der Waals surface area (Å²) in [4.78, 5) is 25.4. The van der Waals surface area contributed by atoms with Gasteiger partial charge in [0.15, 0.2) is 0 Å². The van der Waals surface area contributed by atoms with Crippen molar-refractivity contribution in [2.75, 3.05) is 23.9 Å². The molecule has 1 aromatic rings. The van der Waals surface area contributed by atoms with Gasteiger partial charge in [0.05, 0.1) is 11.2 Å². The fraction of sp³-hybridized carbons (Fsp3) is 0.750. The Balaban J connectivity index is 1.77. The molecule has 0 aromatic carbocycles. The van der Waals surface area contributed by atoms with Gasteiger partial charge in [0, 0.05) is 43.0 Å². The number of likely N-dealkylation sites (tertiary alicyclic amines) is 1. The SMILES string of the molecule is CC(C)N(c1ncc(B2OC(C)(C)C(C)(C)O2)cn1)[C@H]1CCCN(C(=O)CCl)C1. The number of anilines is 1. The quantitative estimate of drug-likeness (QED) is 0.535. The number of aromatic nitrogens is 2. The summed E-state index contributed by atoms with van der Waals surface area (Å²) in [6.45, 7) is 13.8. The molecule has 2 aliphatic heterocycles. The molecule has 9 heteroatoms. The van der Waals surface area contributed by atoms with Crippen LogP contribution in [0.2, 0.25) is 0 Å². The first kappa shape index (κ1) is 22.3. The Morgan fingerprint density at radius 3 is 2.38 bits per heavy atom. The summed E-state index contributed by atoms with van der Waals surface area (Å²) in [6.07, 6.45) is 5.50. The first-order chi connectivity index (χ1) is 13.6. The molecule has 0 unspecified atom stereocenters. The van der Waals surface area contributed by atoms with Crippen LogP contribution < -0.4 is 10.4 Å². The van der Waals surface area contributed by atoms with E-state index in [1.807, 2.05) is 32.6 Å². The van der Waals surface area contributed by atoms with E-state index in [0.29, 0.717) is 12.5 Å². The van der Waals surface area contributed by atoms with E-state index in [9.17, 15) is 4.79 Å². The lowest BCUT2D eigenvalue weighted by atomic mass is 9.81. The number of alkyl halides is 1. The van der Waals surface area contributed by atoms with Crippen LogP contribution in [0.3, 0.4) is 0 Å². The van der Waals surface area contributed by atoms with Gasteiger partial charge in [-0.25, -0.2) is 9.97 Å². The predicted octanol–water partition coefficient (Wildman–Crippen LogP) is 2.22. The average molecular weight is 423 g/mol. The maximum atomic E-state index is 12.1. The molecule has 0 saturated carbocycles. The molecule has 1 aromatic heterocycles. The Hall–Kier alpha value is -1.38. The van der Waals surface area contributed by atoms with Gasteiger partial charge >= 0.3 is 7.12 Å². The standard InChI is InChI=1S/C20H32BClN4O3/c1-14(2)26(16-8-7-9-25(13-16)17(27)10-22)18-23-11-15(12-24-18)21-28-19(3,4)20(5,6)29-21/h11-12,14,16H,7-10,13H2,1-6H3/t16-/m0/s1. The van der Waals surface area contributed by atoms with Crippen molar-refractivity contribution in [1.82, 2.24) is 14.9 Å². The molecule has 0 spiro atoms. The van der Waals surface area contributed by atoms with Crippen LogP contribution >= 0.6 is 11.6 Å². The van der Waals surface area contributed by atoms with E-state index in [-0.39, 0.29) is 23.9 Å². The number of carbonyl (C=O) groups excluding carboxylic acids is 1. The number of rotatable bonds is 5. The highest BCUT2D eigenvalue weighted by Crippen LogP contribution is 2.36. The molecule has 2 saturated heterocycles. The maximum absolute atomic E-state index is 12.1. The van der Waals surface area contributed by atoms with Gasteiger partial charge in [-0.3, -0.25) is 4.79 Å². The van der Waals surface area contributed by atoms with Gasteiger partial charge in [-0.15, -0.1) is 11.6 Å². The average Bonchev–Trinajstić information content (AvgIpc) is 2.89. The van der Waals surface area contributed by atoms with Crippen molar-refractivity contribution in [1.29, 1.82) is 0 Å². The lowest BCUT2D eigenvalue weighted by molar-refractivity contribution is -0.129. The molecule has 1 atom stereocenters. The molecule has 7 nitrogen and oxygen atoms in total. The Kier molecular flexibility index (Phi) is 6.46. The number of amides is 1. The molecule has 0 radical (unpaired) electrons. The van der Waals surface area contributed by atoms with Crippen molar-refractivity contribution in [3.63, 3.8) is 0 Å². The Bertz CT molecular complexity index is 713. The third-order valence-corrected chi connectivity index (χ3v) is 6.46. The predicted molar refractivity (Wildman–Crippen MR) is 116 cm³/mol. The number of hydrogen-bond donors (Lipinski definition) is 0. The van der Waals surface area contributed by atoms with Crippen LogP contribution in [-0.4, -0.2) is 70.1 Å². The zero-order valence-corrected chi connectivity index (χ0v) is 19.1. The van der Waals surface area contributed by atoms with Gasteiger partial charge in [-0.2, -0.15) is 0 Å². The van der Waals surface area contributed by atoms with Crippen molar-refractivity contribution in [2.24, 2.45) is 0 Å². The van der Waals surface area contributed by atoms with Gasteiger partial charge in [0.2, 0.25) is 11.9 Å². The molecule has 160 valence electrons. The lowest BCUT2D eigenvalue weighted by Crippen LogP contribution is -2.53. The molecule has 29 heavy (non-hydrogen) atoms. The smallest absolute Gasteiger partial charge is 0.399 e. The highest BCUT2D eigenvalue weighted by atomic mass is 35.5. The fourth-order valence-electron chi connectivity index (χ4n) is 3.87. The molecule has 3 rings (SSSR count). The molecular formula is C20H32BClN4O3. The van der Waals surface area contributed by atoms with Crippen molar-refractivity contribution in [2.45, 2.75) is 77.7 Å². The molecule has 0 aliphatic carbocycles. The first-order valence-corrected chi connectivity index (χ1v) is 10.9. The monoisotopic (exact) mass is 422 g/mol. The zero-order chi connectivity index (χ0) is 21.4. The second kappa shape index (κ2) is 8.40. The third-order valence-electron chi connectivity index (χ3n) is 6.23. The van der Waals surface area contributed by atoms with Gasteiger partial charge in [0.1, 0.15) is 5.88 Å². The van der Waals surface area contributed by atoms with E-state index in [4.69, 9.17) is 20.9 Å². The van der Waals surface area contributed by atoms with Crippen molar-refractivity contribution in [3.05, 3.63) is 12.4 Å². The summed E-state index contributed by atoms with van der Waals surface area (Å²) in [5.41, 5.74) is 0.000419. The Morgan fingerprint density at radius 2 is 1.86 bits per heavy atom. The van der Waals surface area contributed by atoms with Crippen molar-refractivity contribution >= 4 is 36.0 Å². The maximum Gasteiger partial charge on any atom is 0.498 e. The van der Waals surface area contributed by atoms with Gasteiger partial charge in [-0.05, 0) is 54.4 Å². The van der Waals surface area contributed by atoms with E-state index in [0.717, 1.165) is 24.8 Å².